The fourth-order valence-corrected chi connectivity index (χ4v) is 4.68. The van der Waals surface area contributed by atoms with Crippen LogP contribution in [0.2, 0.25) is 0 Å². The highest BCUT2D eigenvalue weighted by molar-refractivity contribution is 14.0. The van der Waals surface area contributed by atoms with Gasteiger partial charge in [0.2, 0.25) is 0 Å². The van der Waals surface area contributed by atoms with E-state index in [9.17, 15) is 0 Å². The number of hydrazone groups is 2. The molecule has 8 nitrogen and oxygen atoms in total. The number of thiazole rings is 1. The van der Waals surface area contributed by atoms with Crippen molar-refractivity contribution in [3.63, 3.8) is 0 Å². The standard InChI is InChI=1S/C16H21N7OS.HI/c1-2-4-11(3-1)12-10-25-16(17-12)13-9-22(7-8-24-13)15-6-5-14-18-20-21-23(14)19-15;/h5-6,10-11,13,20-21H,1-4,7-9H2;1H. The summed E-state index contributed by atoms with van der Waals surface area (Å²) in [7, 11) is 0. The van der Waals surface area contributed by atoms with Crippen LogP contribution in [0.15, 0.2) is 27.7 Å². The lowest BCUT2D eigenvalue weighted by Crippen LogP contribution is -2.46. The van der Waals surface area contributed by atoms with Crippen molar-refractivity contribution in [2.75, 3.05) is 19.7 Å². The number of halogens is 1. The maximum atomic E-state index is 6.01. The average molecular weight is 487 g/mol. The van der Waals surface area contributed by atoms with Crippen LogP contribution in [0.5, 0.6) is 0 Å². The van der Waals surface area contributed by atoms with Crippen LogP contribution in [0.4, 0.5) is 0 Å². The summed E-state index contributed by atoms with van der Waals surface area (Å²) in [5.74, 6) is 2.33. The Morgan fingerprint density at radius 3 is 2.92 bits per heavy atom. The third kappa shape index (κ3) is 3.47. The first-order chi connectivity index (χ1) is 12.4. The largest absolute Gasteiger partial charge is 0.367 e. The number of amidine groups is 2. The zero-order chi connectivity index (χ0) is 16.6. The highest BCUT2D eigenvalue weighted by Gasteiger charge is 2.29. The predicted molar refractivity (Wildman–Crippen MR) is 111 cm³/mol. The fraction of sp³-hybridized carbons (Fsp3) is 0.562. The molecule has 0 spiro atoms. The van der Waals surface area contributed by atoms with Crippen molar-refractivity contribution < 1.29 is 4.74 Å². The molecule has 1 atom stereocenters. The van der Waals surface area contributed by atoms with Crippen LogP contribution in [-0.4, -0.2) is 46.4 Å². The maximum absolute atomic E-state index is 6.01. The number of aromatic nitrogens is 1. The van der Waals surface area contributed by atoms with E-state index >= 15 is 0 Å². The molecule has 2 N–H and O–H groups in total. The second kappa shape index (κ2) is 7.79. The van der Waals surface area contributed by atoms with Crippen molar-refractivity contribution >= 4 is 47.0 Å². The van der Waals surface area contributed by atoms with Gasteiger partial charge in [0.05, 0.1) is 18.8 Å². The van der Waals surface area contributed by atoms with E-state index in [1.54, 1.807) is 16.5 Å². The fourth-order valence-electron chi connectivity index (χ4n) is 3.74. The molecule has 0 radical (unpaired) electrons. The van der Waals surface area contributed by atoms with Crippen molar-refractivity contribution in [2.45, 2.75) is 37.7 Å². The molecule has 0 amide bonds. The van der Waals surface area contributed by atoms with E-state index in [2.05, 4.69) is 31.6 Å². The molecule has 1 saturated carbocycles. The third-order valence-electron chi connectivity index (χ3n) is 5.11. The first-order valence-electron chi connectivity index (χ1n) is 8.84. The number of nitrogens with zero attached hydrogens (tertiary/aromatic N) is 5. The minimum absolute atomic E-state index is 0. The molecular weight excluding hydrogens is 465 g/mol. The van der Waals surface area contributed by atoms with E-state index in [4.69, 9.17) is 9.72 Å². The Balaban J connectivity index is 0.00000168. The van der Waals surface area contributed by atoms with Crippen molar-refractivity contribution in [3.05, 3.63) is 28.2 Å². The third-order valence-corrected chi connectivity index (χ3v) is 6.06. The molecule has 1 aromatic heterocycles. The number of morpholine rings is 1. The molecule has 26 heavy (non-hydrogen) atoms. The molecule has 3 aliphatic heterocycles. The van der Waals surface area contributed by atoms with Gasteiger partial charge in [-0.1, -0.05) is 12.8 Å². The van der Waals surface area contributed by atoms with Crippen molar-refractivity contribution in [1.82, 2.24) is 26.1 Å². The molecule has 5 rings (SSSR count). The summed E-state index contributed by atoms with van der Waals surface area (Å²) in [6, 6.07) is 0. The van der Waals surface area contributed by atoms with E-state index in [1.807, 2.05) is 12.2 Å². The van der Waals surface area contributed by atoms with Gasteiger partial charge in [-0.2, -0.15) is 5.12 Å². The first kappa shape index (κ1) is 18.1. The van der Waals surface area contributed by atoms with E-state index in [0.717, 1.165) is 29.8 Å². The van der Waals surface area contributed by atoms with E-state index in [0.29, 0.717) is 12.5 Å². The molecule has 4 heterocycles. The molecule has 1 saturated heterocycles. The Kier molecular flexibility index (Phi) is 5.43. The van der Waals surface area contributed by atoms with Crippen molar-refractivity contribution in [2.24, 2.45) is 10.2 Å². The molecule has 1 aromatic rings. The number of rotatable bonds is 2. The highest BCUT2D eigenvalue weighted by Crippen LogP contribution is 2.36. The quantitative estimate of drug-likeness (QED) is 0.624. The minimum atomic E-state index is 0. The van der Waals surface area contributed by atoms with Crippen LogP contribution in [0.25, 0.3) is 0 Å². The van der Waals surface area contributed by atoms with Crippen molar-refractivity contribution in [1.29, 1.82) is 0 Å². The van der Waals surface area contributed by atoms with Crippen LogP contribution < -0.4 is 11.1 Å². The summed E-state index contributed by atoms with van der Waals surface area (Å²) in [4.78, 5) is 7.15. The molecule has 10 heteroatoms. The van der Waals surface area contributed by atoms with E-state index < -0.39 is 0 Å². The number of hydrogen-bond acceptors (Lipinski definition) is 9. The average Bonchev–Trinajstić information content (AvgIpc) is 3.41. The van der Waals surface area contributed by atoms with Crippen LogP contribution in [-0.2, 0) is 4.74 Å². The maximum Gasteiger partial charge on any atom is 0.189 e. The van der Waals surface area contributed by atoms with Crippen LogP contribution >= 0.6 is 35.3 Å². The van der Waals surface area contributed by atoms with Crippen LogP contribution in [0, 0.1) is 0 Å². The molecular formula is C16H22IN7OS. The summed E-state index contributed by atoms with van der Waals surface area (Å²) in [6.45, 7) is 2.28. The zero-order valence-electron chi connectivity index (χ0n) is 14.3. The number of ether oxygens (including phenoxy) is 1. The molecule has 2 fully saturated rings. The smallest absolute Gasteiger partial charge is 0.189 e. The summed E-state index contributed by atoms with van der Waals surface area (Å²) >= 11 is 1.73. The highest BCUT2D eigenvalue weighted by atomic mass is 127. The second-order valence-electron chi connectivity index (χ2n) is 6.69. The first-order valence-corrected chi connectivity index (χ1v) is 9.72. The monoisotopic (exact) mass is 487 g/mol. The summed E-state index contributed by atoms with van der Waals surface area (Å²) in [5, 5.41) is 13.6. The van der Waals surface area contributed by atoms with Crippen molar-refractivity contribution in [3.8, 4) is 0 Å². The molecule has 0 aromatic carbocycles. The zero-order valence-corrected chi connectivity index (χ0v) is 17.4. The lowest BCUT2D eigenvalue weighted by Gasteiger charge is -2.34. The normalized spacial score (nSPS) is 25.5. The van der Waals surface area contributed by atoms with Gasteiger partial charge >= 0.3 is 0 Å². The van der Waals surface area contributed by atoms with Gasteiger partial charge in [0, 0.05) is 17.8 Å². The summed E-state index contributed by atoms with van der Waals surface area (Å²) in [5.41, 5.74) is 6.85. The van der Waals surface area contributed by atoms with E-state index in [1.165, 1.54) is 31.4 Å². The Bertz CT molecular complexity index is 743. The molecule has 0 bridgehead atoms. The van der Waals surface area contributed by atoms with Crippen LogP contribution in [0.1, 0.15) is 48.4 Å². The van der Waals surface area contributed by atoms with Gasteiger partial charge in [0.25, 0.3) is 0 Å². The van der Waals surface area contributed by atoms with Gasteiger partial charge in [-0.3, -0.25) is 0 Å². The number of hydrazine groups is 2. The Labute approximate surface area is 173 Å². The molecule has 4 aliphatic rings. The van der Waals surface area contributed by atoms with Gasteiger partial charge in [0.15, 0.2) is 11.7 Å². The number of fused-ring (bicyclic) bond motifs is 1. The Morgan fingerprint density at radius 2 is 2.04 bits per heavy atom. The number of hydrogen-bond donors (Lipinski definition) is 2. The Hall–Kier alpha value is -1.24. The topological polar surface area (TPSA) is 77.4 Å². The number of nitrogens with one attached hydrogen (secondary N) is 2. The van der Waals surface area contributed by atoms with Gasteiger partial charge < -0.3 is 9.64 Å². The lowest BCUT2D eigenvalue weighted by molar-refractivity contribution is -0.00730. The van der Waals surface area contributed by atoms with Crippen LogP contribution in [0.3, 0.4) is 0 Å². The van der Waals surface area contributed by atoms with Gasteiger partial charge in [-0.05, 0) is 25.0 Å². The predicted octanol–water partition coefficient (Wildman–Crippen LogP) is 2.31. The lowest BCUT2D eigenvalue weighted by atomic mass is 10.1. The van der Waals surface area contributed by atoms with Gasteiger partial charge in [0.1, 0.15) is 11.1 Å². The Morgan fingerprint density at radius 1 is 1.19 bits per heavy atom. The summed E-state index contributed by atoms with van der Waals surface area (Å²) < 4.78 is 6.01. The summed E-state index contributed by atoms with van der Waals surface area (Å²) in [6.07, 6.45) is 9.19. The van der Waals surface area contributed by atoms with Gasteiger partial charge in [-0.25, -0.2) is 10.5 Å². The SMILES string of the molecule is C1=CC2=NNNN2N=C1N1CCOC(c2nc(C3CCCC3)cs2)C1.I. The molecule has 1 aliphatic carbocycles. The van der Waals surface area contributed by atoms with E-state index in [-0.39, 0.29) is 30.1 Å². The minimum Gasteiger partial charge on any atom is -0.367 e. The molecule has 1 unspecified atom stereocenters. The van der Waals surface area contributed by atoms with Gasteiger partial charge in [-0.15, -0.1) is 51.1 Å². The second-order valence-corrected chi connectivity index (χ2v) is 7.58. The molecule has 140 valence electrons.